The van der Waals surface area contributed by atoms with Crippen LogP contribution in [0.4, 0.5) is 15.8 Å². The summed E-state index contributed by atoms with van der Waals surface area (Å²) < 4.78 is 13.0. The van der Waals surface area contributed by atoms with E-state index in [1.54, 1.807) is 24.3 Å². The van der Waals surface area contributed by atoms with Crippen LogP contribution in [0.1, 0.15) is 15.9 Å². The van der Waals surface area contributed by atoms with E-state index in [1.165, 1.54) is 6.07 Å². The molecule has 2 aromatic rings. The maximum Gasteiger partial charge on any atom is 0.295 e. The molecule has 2 rings (SSSR count). The largest absolute Gasteiger partial charge is 0.316 e. The lowest BCUT2D eigenvalue weighted by atomic mass is 10.1. The molecule has 0 spiro atoms. The molecule has 0 heterocycles. The molecule has 0 aromatic heterocycles. The maximum absolute atomic E-state index is 13.0. The van der Waals surface area contributed by atoms with Crippen LogP contribution in [-0.4, -0.2) is 10.8 Å². The van der Waals surface area contributed by atoms with Crippen LogP contribution in [0.3, 0.4) is 0 Å². The number of nitrogens with one attached hydrogen (secondary N) is 1. The first kappa shape index (κ1) is 13.7. The molecule has 0 aliphatic carbocycles. The fourth-order valence-electron chi connectivity index (χ4n) is 1.66. The molecule has 0 unspecified atom stereocenters. The fraction of sp³-hybridized carbons (Fsp3) is 0.0714. The van der Waals surface area contributed by atoms with Crippen molar-refractivity contribution in [3.05, 3.63) is 69.5 Å². The van der Waals surface area contributed by atoms with Gasteiger partial charge in [0.05, 0.1) is 11.0 Å². The Morgan fingerprint density at radius 1 is 1.20 bits per heavy atom. The SMILES string of the molecule is Cc1ccc(C(=O)Nc2ccc(F)cc2[N+](=O)[O-])cc1. The van der Waals surface area contributed by atoms with E-state index in [9.17, 15) is 19.3 Å². The van der Waals surface area contributed by atoms with E-state index < -0.39 is 22.3 Å². The van der Waals surface area contributed by atoms with Crippen LogP contribution < -0.4 is 5.32 Å². The molecule has 0 saturated carbocycles. The number of carbonyl (C=O) groups excluding carboxylic acids is 1. The summed E-state index contributed by atoms with van der Waals surface area (Å²) in [6.45, 7) is 1.88. The summed E-state index contributed by atoms with van der Waals surface area (Å²) in [6, 6.07) is 9.73. The Balaban J connectivity index is 2.28. The van der Waals surface area contributed by atoms with Gasteiger partial charge in [-0.05, 0) is 31.2 Å². The second-order valence-corrected chi connectivity index (χ2v) is 4.24. The van der Waals surface area contributed by atoms with Crippen LogP contribution in [0.5, 0.6) is 0 Å². The van der Waals surface area contributed by atoms with Crippen molar-refractivity contribution in [2.24, 2.45) is 0 Å². The Labute approximate surface area is 114 Å². The molecule has 102 valence electrons. The highest BCUT2D eigenvalue weighted by molar-refractivity contribution is 6.05. The van der Waals surface area contributed by atoms with Gasteiger partial charge in [-0.2, -0.15) is 0 Å². The van der Waals surface area contributed by atoms with Crippen LogP contribution in [-0.2, 0) is 0 Å². The Morgan fingerprint density at radius 3 is 2.45 bits per heavy atom. The molecule has 6 heteroatoms. The molecule has 2 aromatic carbocycles. The number of anilines is 1. The van der Waals surface area contributed by atoms with Crippen LogP contribution in [0.25, 0.3) is 0 Å². The summed E-state index contributed by atoms with van der Waals surface area (Å²) in [5.74, 6) is -1.22. The predicted molar refractivity (Wildman–Crippen MR) is 72.2 cm³/mol. The molecular weight excluding hydrogens is 263 g/mol. The number of hydrogen-bond donors (Lipinski definition) is 1. The number of carbonyl (C=O) groups is 1. The lowest BCUT2D eigenvalue weighted by molar-refractivity contribution is -0.384. The highest BCUT2D eigenvalue weighted by Crippen LogP contribution is 2.25. The van der Waals surface area contributed by atoms with Crippen LogP contribution >= 0.6 is 0 Å². The number of nitrogens with zero attached hydrogens (tertiary/aromatic N) is 1. The van der Waals surface area contributed by atoms with E-state index in [4.69, 9.17) is 0 Å². The molecule has 0 atom stereocenters. The highest BCUT2D eigenvalue weighted by Gasteiger charge is 2.17. The van der Waals surface area contributed by atoms with E-state index in [0.717, 1.165) is 17.7 Å². The van der Waals surface area contributed by atoms with Gasteiger partial charge in [-0.25, -0.2) is 4.39 Å². The van der Waals surface area contributed by atoms with Crippen molar-refractivity contribution in [2.75, 3.05) is 5.32 Å². The van der Waals surface area contributed by atoms with E-state index in [2.05, 4.69) is 5.32 Å². The van der Waals surface area contributed by atoms with Crippen molar-refractivity contribution < 1.29 is 14.1 Å². The first-order chi connectivity index (χ1) is 9.47. The van der Waals surface area contributed by atoms with Crippen LogP contribution in [0, 0.1) is 22.9 Å². The minimum atomic E-state index is -0.742. The lowest BCUT2D eigenvalue weighted by Crippen LogP contribution is -2.13. The maximum atomic E-state index is 13.0. The monoisotopic (exact) mass is 274 g/mol. The van der Waals surface area contributed by atoms with Gasteiger partial charge in [-0.15, -0.1) is 0 Å². The predicted octanol–water partition coefficient (Wildman–Crippen LogP) is 3.29. The molecular formula is C14H11FN2O3. The van der Waals surface area contributed by atoms with Crippen LogP contribution in [0.15, 0.2) is 42.5 Å². The standard InChI is InChI=1S/C14H11FN2O3/c1-9-2-4-10(5-3-9)14(18)16-12-7-6-11(15)8-13(12)17(19)20/h2-8H,1H3,(H,16,18). The van der Waals surface area contributed by atoms with Crippen molar-refractivity contribution >= 4 is 17.3 Å². The summed E-state index contributed by atoms with van der Waals surface area (Å²) in [4.78, 5) is 22.0. The van der Waals surface area contributed by atoms with Gasteiger partial charge in [-0.3, -0.25) is 14.9 Å². The zero-order chi connectivity index (χ0) is 14.7. The molecule has 1 N–H and O–H groups in total. The van der Waals surface area contributed by atoms with Gasteiger partial charge in [0, 0.05) is 5.56 Å². The Morgan fingerprint density at radius 2 is 1.85 bits per heavy atom. The van der Waals surface area contributed by atoms with Crippen molar-refractivity contribution in [2.45, 2.75) is 6.92 Å². The topological polar surface area (TPSA) is 72.2 Å². The summed E-state index contributed by atoms with van der Waals surface area (Å²) >= 11 is 0. The molecule has 0 radical (unpaired) electrons. The van der Waals surface area contributed by atoms with Crippen molar-refractivity contribution in [3.63, 3.8) is 0 Å². The first-order valence-electron chi connectivity index (χ1n) is 5.79. The minimum absolute atomic E-state index is 0.0398. The molecule has 0 saturated heterocycles. The van der Waals surface area contributed by atoms with E-state index >= 15 is 0 Å². The average Bonchev–Trinajstić information content (AvgIpc) is 2.41. The third-order valence-electron chi connectivity index (χ3n) is 2.72. The second kappa shape index (κ2) is 5.48. The molecule has 20 heavy (non-hydrogen) atoms. The normalized spacial score (nSPS) is 10.1. The van der Waals surface area contributed by atoms with Crippen molar-refractivity contribution in [1.82, 2.24) is 0 Å². The van der Waals surface area contributed by atoms with Crippen LogP contribution in [0.2, 0.25) is 0 Å². The van der Waals surface area contributed by atoms with Gasteiger partial charge in [-0.1, -0.05) is 17.7 Å². The number of benzene rings is 2. The third-order valence-corrected chi connectivity index (χ3v) is 2.72. The Hall–Kier alpha value is -2.76. The number of nitro benzene ring substituents is 1. The Bertz CT molecular complexity index is 669. The molecule has 0 aliphatic rings. The Kier molecular flexibility index (Phi) is 3.74. The zero-order valence-electron chi connectivity index (χ0n) is 10.6. The van der Waals surface area contributed by atoms with Gasteiger partial charge in [0.25, 0.3) is 11.6 Å². The van der Waals surface area contributed by atoms with Gasteiger partial charge >= 0.3 is 0 Å². The van der Waals surface area contributed by atoms with Crippen molar-refractivity contribution in [1.29, 1.82) is 0 Å². The van der Waals surface area contributed by atoms with Gasteiger partial charge in [0.15, 0.2) is 0 Å². The highest BCUT2D eigenvalue weighted by atomic mass is 19.1. The average molecular weight is 274 g/mol. The second-order valence-electron chi connectivity index (χ2n) is 4.24. The van der Waals surface area contributed by atoms with Gasteiger partial charge in [0.1, 0.15) is 11.5 Å². The molecule has 1 amide bonds. The molecule has 0 aliphatic heterocycles. The number of nitro groups is 1. The smallest absolute Gasteiger partial charge is 0.295 e. The summed E-state index contributed by atoms with van der Waals surface area (Å²) in [7, 11) is 0. The molecule has 0 fully saturated rings. The molecule has 0 bridgehead atoms. The van der Waals surface area contributed by atoms with E-state index in [-0.39, 0.29) is 5.69 Å². The summed E-state index contributed by atoms with van der Waals surface area (Å²) in [5, 5.41) is 13.2. The van der Waals surface area contributed by atoms with Crippen molar-refractivity contribution in [3.8, 4) is 0 Å². The number of amides is 1. The van der Waals surface area contributed by atoms with Gasteiger partial charge in [0.2, 0.25) is 0 Å². The molecule has 5 nitrogen and oxygen atoms in total. The quantitative estimate of drug-likeness (QED) is 0.689. The summed E-state index contributed by atoms with van der Waals surface area (Å²) in [5.41, 5.74) is 0.843. The van der Waals surface area contributed by atoms with E-state index in [0.29, 0.717) is 5.56 Å². The number of halogens is 1. The summed E-state index contributed by atoms with van der Waals surface area (Å²) in [6.07, 6.45) is 0. The fourth-order valence-corrected chi connectivity index (χ4v) is 1.66. The zero-order valence-corrected chi connectivity index (χ0v) is 10.6. The minimum Gasteiger partial charge on any atom is -0.316 e. The van der Waals surface area contributed by atoms with E-state index in [1.807, 2.05) is 6.92 Å². The first-order valence-corrected chi connectivity index (χ1v) is 5.79. The van der Waals surface area contributed by atoms with Gasteiger partial charge < -0.3 is 5.32 Å². The lowest BCUT2D eigenvalue weighted by Gasteiger charge is -2.06. The number of rotatable bonds is 3. The number of hydrogen-bond acceptors (Lipinski definition) is 3. The third kappa shape index (κ3) is 2.97. The number of aryl methyl sites for hydroxylation is 1.